The van der Waals surface area contributed by atoms with Crippen molar-refractivity contribution in [1.29, 1.82) is 10.5 Å². The van der Waals surface area contributed by atoms with Gasteiger partial charge in [-0.1, -0.05) is 60.7 Å². The minimum absolute atomic E-state index is 0. The van der Waals surface area contributed by atoms with E-state index in [2.05, 4.69) is 102 Å². The summed E-state index contributed by atoms with van der Waals surface area (Å²) in [7, 11) is 0. The van der Waals surface area contributed by atoms with Gasteiger partial charge < -0.3 is 21.3 Å². The van der Waals surface area contributed by atoms with Crippen molar-refractivity contribution < 1.29 is 0 Å². The number of nitrogens with one attached hydrogen (secondary N) is 4. The van der Waals surface area contributed by atoms with Crippen molar-refractivity contribution in [3.05, 3.63) is 155 Å². The zero-order chi connectivity index (χ0) is 41.2. The Hall–Kier alpha value is -5.67. The highest BCUT2D eigenvalue weighted by atomic mass is 35.5. The zero-order valence-corrected chi connectivity index (χ0v) is 37.7. The summed E-state index contributed by atoms with van der Waals surface area (Å²) in [5.41, 5.74) is 10.4. The van der Waals surface area contributed by atoms with E-state index in [4.69, 9.17) is 20.5 Å². The lowest BCUT2D eigenvalue weighted by atomic mass is 10.1. The van der Waals surface area contributed by atoms with E-state index in [1.54, 1.807) is 12.4 Å². The Morgan fingerprint density at radius 2 is 0.905 bits per heavy atom. The molecule has 0 spiro atoms. The van der Waals surface area contributed by atoms with Gasteiger partial charge in [0.1, 0.15) is 0 Å². The lowest BCUT2D eigenvalue weighted by Crippen LogP contribution is -2.42. The average molecular weight is 906 g/mol. The van der Waals surface area contributed by atoms with Crippen LogP contribution in [-0.4, -0.2) is 95.2 Å². The highest BCUT2D eigenvalue weighted by molar-refractivity contribution is 5.86. The molecule has 328 valence electrons. The molecule has 0 unspecified atom stereocenters. The average Bonchev–Trinajstić information content (AvgIpc) is 3.31. The number of halogens is 3. The van der Waals surface area contributed by atoms with Gasteiger partial charge in [-0.15, -0.1) is 37.2 Å². The van der Waals surface area contributed by atoms with Crippen molar-refractivity contribution in [2.24, 2.45) is 0 Å². The Balaban J connectivity index is 0.000000264. The Morgan fingerprint density at radius 1 is 0.508 bits per heavy atom. The first-order chi connectivity index (χ1) is 29.6. The summed E-state index contributed by atoms with van der Waals surface area (Å²) in [6.45, 7) is 12.0. The highest BCUT2D eigenvalue weighted by Gasteiger charge is 2.13. The fraction of sp³-hybridized carbons (Fsp3) is 0.292. The smallest absolute Gasteiger partial charge is 0.223 e. The minimum atomic E-state index is 0. The maximum Gasteiger partial charge on any atom is 0.223 e. The molecule has 0 aliphatic carbocycles. The molecule has 12 nitrogen and oxygen atoms in total. The predicted molar refractivity (Wildman–Crippen MR) is 260 cm³/mol. The molecular formula is C48H55Cl3N12. The SMILES string of the molecule is Cl.Cl.Cl.N#Cc1ccc(CCNc2nccc(-c3cccc(CN4CCNCC4)c3)n2)cc1.N#Cc1ccc(CCNc2nccc(-c3cccc(CN4CCNCC4)c3)n2)cc1. The Morgan fingerprint density at radius 3 is 1.29 bits per heavy atom. The van der Waals surface area contributed by atoms with Crippen molar-refractivity contribution >= 4 is 49.1 Å². The number of piperazine rings is 2. The maximum atomic E-state index is 8.89. The van der Waals surface area contributed by atoms with Crippen LogP contribution in [0.1, 0.15) is 33.4 Å². The molecule has 4 aromatic carbocycles. The molecule has 0 amide bonds. The van der Waals surface area contributed by atoms with Gasteiger partial charge >= 0.3 is 0 Å². The van der Waals surface area contributed by atoms with E-state index in [1.807, 2.05) is 60.7 Å². The van der Waals surface area contributed by atoms with E-state index in [-0.39, 0.29) is 37.2 Å². The van der Waals surface area contributed by atoms with E-state index >= 15 is 0 Å². The quantitative estimate of drug-likeness (QED) is 0.0861. The molecule has 63 heavy (non-hydrogen) atoms. The lowest BCUT2D eigenvalue weighted by molar-refractivity contribution is 0.233. The third kappa shape index (κ3) is 15.9. The molecule has 0 saturated carbocycles. The van der Waals surface area contributed by atoms with E-state index in [0.29, 0.717) is 23.0 Å². The zero-order valence-electron chi connectivity index (χ0n) is 35.2. The minimum Gasteiger partial charge on any atom is -0.354 e. The molecule has 2 saturated heterocycles. The third-order valence-electron chi connectivity index (χ3n) is 10.5. The first-order valence-corrected chi connectivity index (χ1v) is 20.8. The fourth-order valence-electron chi connectivity index (χ4n) is 7.25. The fourth-order valence-corrected chi connectivity index (χ4v) is 7.25. The number of hydrogen-bond acceptors (Lipinski definition) is 12. The second-order valence-electron chi connectivity index (χ2n) is 15.0. The van der Waals surface area contributed by atoms with Crippen LogP contribution in [0.5, 0.6) is 0 Å². The van der Waals surface area contributed by atoms with Crippen LogP contribution in [0, 0.1) is 22.7 Å². The van der Waals surface area contributed by atoms with Gasteiger partial charge in [0.2, 0.25) is 11.9 Å². The molecule has 4 N–H and O–H groups in total. The predicted octanol–water partition coefficient (Wildman–Crippen LogP) is 7.42. The van der Waals surface area contributed by atoms with Crippen molar-refractivity contribution in [3.8, 4) is 34.7 Å². The van der Waals surface area contributed by atoms with Gasteiger partial charge in [-0.05, 0) is 83.6 Å². The molecule has 6 aromatic rings. The summed E-state index contributed by atoms with van der Waals surface area (Å²) < 4.78 is 0. The van der Waals surface area contributed by atoms with Gasteiger partial charge in [-0.3, -0.25) is 9.80 Å². The monoisotopic (exact) mass is 904 g/mol. The van der Waals surface area contributed by atoms with Crippen LogP contribution in [0.3, 0.4) is 0 Å². The maximum absolute atomic E-state index is 8.89. The van der Waals surface area contributed by atoms with E-state index < -0.39 is 0 Å². The molecule has 2 aliphatic rings. The molecule has 0 radical (unpaired) electrons. The van der Waals surface area contributed by atoms with Crippen LogP contribution >= 0.6 is 37.2 Å². The summed E-state index contributed by atoms with van der Waals surface area (Å²) in [4.78, 5) is 23.1. The summed E-state index contributed by atoms with van der Waals surface area (Å²) in [6.07, 6.45) is 5.30. The molecular weight excluding hydrogens is 851 g/mol. The first kappa shape index (κ1) is 50.0. The second kappa shape index (κ2) is 26.7. The van der Waals surface area contributed by atoms with Crippen LogP contribution in [0.15, 0.2) is 122 Å². The van der Waals surface area contributed by atoms with Crippen LogP contribution in [0.4, 0.5) is 11.9 Å². The summed E-state index contributed by atoms with van der Waals surface area (Å²) in [5.74, 6) is 1.27. The summed E-state index contributed by atoms with van der Waals surface area (Å²) >= 11 is 0. The van der Waals surface area contributed by atoms with Gasteiger partial charge in [0.05, 0.1) is 34.7 Å². The van der Waals surface area contributed by atoms with Gasteiger partial charge in [0, 0.05) is 102 Å². The number of benzene rings is 4. The Labute approximate surface area is 389 Å². The van der Waals surface area contributed by atoms with Gasteiger partial charge in [-0.2, -0.15) is 10.5 Å². The largest absolute Gasteiger partial charge is 0.354 e. The number of hydrogen-bond donors (Lipinski definition) is 4. The number of nitriles is 2. The van der Waals surface area contributed by atoms with Crippen LogP contribution < -0.4 is 21.3 Å². The highest BCUT2D eigenvalue weighted by Crippen LogP contribution is 2.22. The first-order valence-electron chi connectivity index (χ1n) is 20.8. The van der Waals surface area contributed by atoms with Crippen molar-refractivity contribution in [2.75, 3.05) is 76.1 Å². The number of aromatic nitrogens is 4. The molecule has 2 fully saturated rings. The molecule has 15 heteroatoms. The van der Waals surface area contributed by atoms with Gasteiger partial charge in [-0.25, -0.2) is 19.9 Å². The van der Waals surface area contributed by atoms with Gasteiger partial charge in [0.25, 0.3) is 0 Å². The van der Waals surface area contributed by atoms with Crippen LogP contribution in [0.2, 0.25) is 0 Å². The van der Waals surface area contributed by atoms with Crippen molar-refractivity contribution in [2.45, 2.75) is 25.9 Å². The summed E-state index contributed by atoms with van der Waals surface area (Å²) in [6, 6.07) is 40.8. The molecule has 2 aromatic heterocycles. The normalized spacial score (nSPS) is 13.6. The van der Waals surface area contributed by atoms with Crippen LogP contribution in [0.25, 0.3) is 22.5 Å². The topological polar surface area (TPSA) is 154 Å². The van der Waals surface area contributed by atoms with Gasteiger partial charge in [0.15, 0.2) is 0 Å². The number of rotatable bonds is 14. The summed E-state index contributed by atoms with van der Waals surface area (Å²) in [5, 5.41) is 31.2. The Bertz CT molecular complexity index is 2190. The second-order valence-corrected chi connectivity index (χ2v) is 15.0. The van der Waals surface area contributed by atoms with E-state index in [9.17, 15) is 0 Å². The van der Waals surface area contributed by atoms with E-state index in [1.165, 1.54) is 22.3 Å². The molecule has 4 heterocycles. The number of anilines is 2. The third-order valence-corrected chi connectivity index (χ3v) is 10.5. The lowest BCUT2D eigenvalue weighted by Gasteiger charge is -2.27. The molecule has 0 bridgehead atoms. The van der Waals surface area contributed by atoms with Crippen LogP contribution in [-0.2, 0) is 25.9 Å². The molecule has 0 atom stereocenters. The van der Waals surface area contributed by atoms with E-state index in [0.717, 1.165) is 114 Å². The van der Waals surface area contributed by atoms with Crippen molar-refractivity contribution in [3.63, 3.8) is 0 Å². The molecule has 2 aliphatic heterocycles. The number of nitrogens with zero attached hydrogens (tertiary/aromatic N) is 8. The Kier molecular flexibility index (Phi) is 21.2. The molecule has 8 rings (SSSR count). The standard InChI is InChI=1S/2C24H26N6.3ClH/c2*25-17-20-6-4-19(5-7-20)8-10-27-24-28-11-9-23(29-24)22-3-1-2-21(16-22)18-30-14-12-26-13-15-30;;;/h2*1-7,9,11,16,26H,8,10,12-15,18H2,(H,27,28,29);3*1H. The van der Waals surface area contributed by atoms with Crippen molar-refractivity contribution in [1.82, 2.24) is 40.4 Å².